The van der Waals surface area contributed by atoms with Gasteiger partial charge in [-0.15, -0.1) is 11.3 Å². The van der Waals surface area contributed by atoms with E-state index in [2.05, 4.69) is 51.6 Å². The number of thiophene rings is 1. The fourth-order valence-electron chi connectivity index (χ4n) is 2.79. The van der Waals surface area contributed by atoms with Crippen molar-refractivity contribution in [1.82, 2.24) is 10.2 Å². The minimum atomic E-state index is 0.677. The highest BCUT2D eigenvalue weighted by atomic mass is 79.9. The maximum absolute atomic E-state index is 3.66. The van der Waals surface area contributed by atoms with Crippen molar-refractivity contribution >= 4 is 27.3 Å². The molecule has 2 rings (SSSR count). The molecule has 0 amide bonds. The molecule has 1 saturated heterocycles. The summed E-state index contributed by atoms with van der Waals surface area (Å²) in [5.74, 6) is 0.931. The summed E-state index contributed by atoms with van der Waals surface area (Å²) < 4.78 is 1.23. The highest BCUT2D eigenvalue weighted by Gasteiger charge is 2.21. The van der Waals surface area contributed by atoms with Crippen LogP contribution in [0.25, 0.3) is 0 Å². The first-order valence-electron chi connectivity index (χ1n) is 6.82. The van der Waals surface area contributed by atoms with E-state index < -0.39 is 0 Å². The van der Waals surface area contributed by atoms with E-state index in [-0.39, 0.29) is 0 Å². The Balaban J connectivity index is 1.78. The van der Waals surface area contributed by atoms with E-state index in [1.807, 2.05) is 0 Å². The average Bonchev–Trinajstić information content (AvgIpc) is 2.74. The Morgan fingerprint density at radius 3 is 3.06 bits per heavy atom. The molecule has 1 fully saturated rings. The first kappa shape index (κ1) is 14.5. The normalized spacial score (nSPS) is 24.7. The molecule has 2 unspecified atom stereocenters. The molecule has 0 aromatic carbocycles. The molecule has 1 aliphatic heterocycles. The summed E-state index contributed by atoms with van der Waals surface area (Å²) in [7, 11) is 2.23. The lowest BCUT2D eigenvalue weighted by Crippen LogP contribution is -2.44. The Morgan fingerprint density at radius 1 is 1.56 bits per heavy atom. The van der Waals surface area contributed by atoms with Crippen LogP contribution in [0.1, 0.15) is 31.7 Å². The lowest BCUT2D eigenvalue weighted by molar-refractivity contribution is 0.221. The second-order valence-corrected chi connectivity index (χ2v) is 7.70. The van der Waals surface area contributed by atoms with E-state index in [4.69, 9.17) is 0 Å². The van der Waals surface area contributed by atoms with E-state index >= 15 is 0 Å². The molecule has 0 aliphatic carbocycles. The largest absolute Gasteiger partial charge is 0.313 e. The minimum absolute atomic E-state index is 0.677. The molecular weight excluding hydrogens is 308 g/mol. The monoisotopic (exact) mass is 330 g/mol. The van der Waals surface area contributed by atoms with Crippen LogP contribution in [-0.2, 0) is 6.54 Å². The van der Waals surface area contributed by atoms with Gasteiger partial charge < -0.3 is 10.2 Å². The molecule has 1 aromatic heterocycles. The van der Waals surface area contributed by atoms with Crippen molar-refractivity contribution in [3.8, 4) is 0 Å². The van der Waals surface area contributed by atoms with Gasteiger partial charge in [-0.25, -0.2) is 0 Å². The van der Waals surface area contributed by atoms with E-state index in [0.29, 0.717) is 6.04 Å². The number of halogens is 1. The molecular formula is C14H23BrN2S. The third kappa shape index (κ3) is 4.34. The maximum Gasteiger partial charge on any atom is 0.0701 e. The number of hydrogen-bond donors (Lipinski definition) is 1. The van der Waals surface area contributed by atoms with Crippen molar-refractivity contribution in [2.75, 3.05) is 20.1 Å². The summed E-state index contributed by atoms with van der Waals surface area (Å²) in [5.41, 5.74) is 1.41. The van der Waals surface area contributed by atoms with Crippen molar-refractivity contribution in [1.29, 1.82) is 0 Å². The minimum Gasteiger partial charge on any atom is -0.313 e. The third-order valence-corrected chi connectivity index (χ3v) is 5.34. The predicted molar refractivity (Wildman–Crippen MR) is 83.2 cm³/mol. The third-order valence-electron chi connectivity index (χ3n) is 3.79. The molecule has 0 bridgehead atoms. The smallest absolute Gasteiger partial charge is 0.0701 e. The fourth-order valence-corrected chi connectivity index (χ4v) is 3.99. The Hall–Kier alpha value is 0.100. The second-order valence-electron chi connectivity index (χ2n) is 5.41. The zero-order valence-electron chi connectivity index (χ0n) is 11.3. The molecule has 102 valence electrons. The van der Waals surface area contributed by atoms with Gasteiger partial charge in [-0.3, -0.25) is 0 Å². The van der Waals surface area contributed by atoms with Gasteiger partial charge >= 0.3 is 0 Å². The van der Waals surface area contributed by atoms with Crippen molar-refractivity contribution in [3.63, 3.8) is 0 Å². The SMILES string of the molecule is CCC1CCNC(CN(C)Cc2csc(Br)c2)C1. The quantitative estimate of drug-likeness (QED) is 0.885. The summed E-state index contributed by atoms with van der Waals surface area (Å²) in [6, 6.07) is 2.90. The molecule has 1 aromatic rings. The lowest BCUT2D eigenvalue weighted by atomic mass is 9.90. The average molecular weight is 331 g/mol. The summed E-state index contributed by atoms with van der Waals surface area (Å²) in [5, 5.41) is 5.90. The molecule has 4 heteroatoms. The van der Waals surface area contributed by atoms with Crippen molar-refractivity contribution in [2.45, 2.75) is 38.8 Å². The van der Waals surface area contributed by atoms with E-state index in [1.54, 1.807) is 11.3 Å². The summed E-state index contributed by atoms with van der Waals surface area (Å²) in [6.07, 6.45) is 4.03. The topological polar surface area (TPSA) is 15.3 Å². The van der Waals surface area contributed by atoms with Crippen LogP contribution in [0.4, 0.5) is 0 Å². The molecule has 2 atom stereocenters. The van der Waals surface area contributed by atoms with Gasteiger partial charge in [-0.2, -0.15) is 0 Å². The van der Waals surface area contributed by atoms with E-state index in [1.165, 1.54) is 35.2 Å². The molecule has 18 heavy (non-hydrogen) atoms. The van der Waals surface area contributed by atoms with Gasteiger partial charge in [-0.1, -0.05) is 13.3 Å². The first-order chi connectivity index (χ1) is 8.67. The van der Waals surface area contributed by atoms with Crippen LogP contribution in [-0.4, -0.2) is 31.1 Å². The molecule has 1 aliphatic rings. The van der Waals surface area contributed by atoms with Gasteiger partial charge in [0.2, 0.25) is 0 Å². The van der Waals surface area contributed by atoms with Gasteiger partial charge in [0.25, 0.3) is 0 Å². The number of likely N-dealkylation sites (N-methyl/N-ethyl adjacent to an activating group) is 1. The van der Waals surface area contributed by atoms with Gasteiger partial charge in [0.05, 0.1) is 3.79 Å². The number of nitrogens with one attached hydrogen (secondary N) is 1. The van der Waals surface area contributed by atoms with Crippen LogP contribution in [0.15, 0.2) is 15.2 Å². The van der Waals surface area contributed by atoms with E-state index in [0.717, 1.165) is 19.0 Å². The fraction of sp³-hybridized carbons (Fsp3) is 0.714. The predicted octanol–water partition coefficient (Wildman–Crippen LogP) is 3.72. The van der Waals surface area contributed by atoms with Crippen LogP contribution >= 0.6 is 27.3 Å². The molecule has 1 N–H and O–H groups in total. The maximum atomic E-state index is 3.66. The van der Waals surface area contributed by atoms with Crippen LogP contribution < -0.4 is 5.32 Å². The van der Waals surface area contributed by atoms with Gasteiger partial charge in [-0.05, 0) is 65.3 Å². The Bertz CT molecular complexity index is 366. The zero-order chi connectivity index (χ0) is 13.0. The van der Waals surface area contributed by atoms with Crippen LogP contribution in [0.3, 0.4) is 0 Å². The molecule has 0 saturated carbocycles. The van der Waals surface area contributed by atoms with Gasteiger partial charge in [0.15, 0.2) is 0 Å². The van der Waals surface area contributed by atoms with Crippen molar-refractivity contribution < 1.29 is 0 Å². The molecule has 2 nitrogen and oxygen atoms in total. The lowest BCUT2D eigenvalue weighted by Gasteiger charge is -2.32. The summed E-state index contributed by atoms with van der Waals surface area (Å²) in [6.45, 7) is 5.72. The highest BCUT2D eigenvalue weighted by molar-refractivity contribution is 9.11. The van der Waals surface area contributed by atoms with Crippen molar-refractivity contribution in [2.24, 2.45) is 5.92 Å². The molecule has 0 spiro atoms. The standard InChI is InChI=1S/C14H23BrN2S/c1-3-11-4-5-16-13(6-11)9-17(2)8-12-7-14(15)18-10-12/h7,10-11,13,16H,3-6,8-9H2,1-2H3. The number of piperidine rings is 1. The Kier molecular flexibility index (Phi) is 5.67. The van der Waals surface area contributed by atoms with Crippen LogP contribution in [0, 0.1) is 5.92 Å². The van der Waals surface area contributed by atoms with Gasteiger partial charge in [0, 0.05) is 19.1 Å². The Morgan fingerprint density at radius 2 is 2.39 bits per heavy atom. The highest BCUT2D eigenvalue weighted by Crippen LogP contribution is 2.23. The number of rotatable bonds is 5. The summed E-state index contributed by atoms with van der Waals surface area (Å²) >= 11 is 5.30. The molecule has 2 heterocycles. The van der Waals surface area contributed by atoms with E-state index in [9.17, 15) is 0 Å². The van der Waals surface area contributed by atoms with Crippen molar-refractivity contribution in [3.05, 3.63) is 20.8 Å². The molecule has 0 radical (unpaired) electrons. The number of hydrogen-bond acceptors (Lipinski definition) is 3. The Labute approximate surface area is 123 Å². The first-order valence-corrected chi connectivity index (χ1v) is 8.49. The van der Waals surface area contributed by atoms with Crippen LogP contribution in [0.5, 0.6) is 0 Å². The van der Waals surface area contributed by atoms with Gasteiger partial charge in [0.1, 0.15) is 0 Å². The zero-order valence-corrected chi connectivity index (χ0v) is 13.7. The number of nitrogens with zero attached hydrogens (tertiary/aromatic N) is 1. The van der Waals surface area contributed by atoms with Crippen LogP contribution in [0.2, 0.25) is 0 Å². The summed E-state index contributed by atoms with van der Waals surface area (Å²) in [4.78, 5) is 2.43. The second kappa shape index (κ2) is 7.04.